The van der Waals surface area contributed by atoms with Crippen LogP contribution in [-0.4, -0.2) is 0 Å². The van der Waals surface area contributed by atoms with Gasteiger partial charge in [0.05, 0.1) is 16.7 Å². The fourth-order valence-electron chi connectivity index (χ4n) is 1.36. The maximum atomic E-state index is 8.68. The number of thiophene rings is 1. The van der Waals surface area contributed by atoms with Gasteiger partial charge in [-0.25, -0.2) is 0 Å². The van der Waals surface area contributed by atoms with Gasteiger partial charge in [0.15, 0.2) is 0 Å². The highest BCUT2D eigenvalue weighted by Gasteiger charge is 2.09. The summed E-state index contributed by atoms with van der Waals surface area (Å²) in [6, 6.07) is 8.17. The smallest absolute Gasteiger partial charge is 0.0723 e. The lowest BCUT2D eigenvalue weighted by molar-refractivity contribution is 1.29. The average molecular weight is 284 g/mol. The molecule has 2 rings (SSSR count). The minimum absolute atomic E-state index is 0.456. The molecule has 0 bridgehead atoms. The molecule has 1 aromatic heterocycles. The lowest BCUT2D eigenvalue weighted by atomic mass is 10.1. The molecular formula is C10H6BrNS2. The van der Waals surface area contributed by atoms with E-state index in [1.54, 1.807) is 11.3 Å². The quantitative estimate of drug-likeness (QED) is 0.786. The van der Waals surface area contributed by atoms with Crippen molar-refractivity contribution in [3.8, 4) is 6.07 Å². The third-order valence-corrected chi connectivity index (χ3v) is 4.96. The predicted octanol–water partition coefficient (Wildman–Crippen LogP) is 4.02. The van der Waals surface area contributed by atoms with Gasteiger partial charge in [0, 0.05) is 14.6 Å². The van der Waals surface area contributed by atoms with Gasteiger partial charge in [0.2, 0.25) is 0 Å². The number of nitriles is 1. The molecule has 2 aromatic rings. The normalized spacial score (nSPS) is 10.4. The Balaban J connectivity index is 2.76. The van der Waals surface area contributed by atoms with Crippen LogP contribution in [0.3, 0.4) is 0 Å². The Morgan fingerprint density at radius 3 is 3.00 bits per heavy atom. The maximum Gasteiger partial charge on any atom is 0.0723 e. The van der Waals surface area contributed by atoms with Crippen LogP contribution < -0.4 is 0 Å². The topological polar surface area (TPSA) is 23.8 Å². The van der Waals surface area contributed by atoms with Crippen LogP contribution >= 0.6 is 39.9 Å². The van der Waals surface area contributed by atoms with Gasteiger partial charge in [-0.15, -0.1) is 24.0 Å². The van der Waals surface area contributed by atoms with Crippen molar-refractivity contribution in [2.45, 2.75) is 10.6 Å². The molecule has 0 aliphatic heterocycles. The van der Waals surface area contributed by atoms with Crippen LogP contribution in [0.5, 0.6) is 0 Å². The third-order valence-electron chi connectivity index (χ3n) is 1.99. The zero-order chi connectivity index (χ0) is 10.1. The van der Waals surface area contributed by atoms with Gasteiger partial charge in [-0.05, 0) is 21.5 Å². The molecule has 0 atom stereocenters. The molecule has 0 unspecified atom stereocenters. The Labute approximate surface area is 99.9 Å². The molecule has 0 saturated carbocycles. The zero-order valence-electron chi connectivity index (χ0n) is 7.12. The summed E-state index contributed by atoms with van der Waals surface area (Å²) in [5.41, 5.74) is 1.08. The van der Waals surface area contributed by atoms with E-state index in [4.69, 9.17) is 5.26 Å². The minimum Gasteiger partial charge on any atom is -0.198 e. The summed E-state index contributed by atoms with van der Waals surface area (Å²) in [6.07, 6.45) is 0.456. The molecule has 0 fully saturated rings. The molecule has 0 amide bonds. The Morgan fingerprint density at radius 1 is 1.50 bits per heavy atom. The molecule has 0 aliphatic rings. The Bertz CT molecular complexity index is 525. The first-order valence-electron chi connectivity index (χ1n) is 4.00. The number of hydrogen-bond acceptors (Lipinski definition) is 3. The summed E-state index contributed by atoms with van der Waals surface area (Å²) in [5, 5.41) is 9.83. The van der Waals surface area contributed by atoms with E-state index in [-0.39, 0.29) is 0 Å². The predicted molar refractivity (Wildman–Crippen MR) is 66.1 cm³/mol. The van der Waals surface area contributed by atoms with E-state index in [9.17, 15) is 0 Å². The van der Waals surface area contributed by atoms with Gasteiger partial charge in [-0.1, -0.05) is 18.2 Å². The highest BCUT2D eigenvalue weighted by atomic mass is 79.9. The van der Waals surface area contributed by atoms with Crippen LogP contribution in [0.1, 0.15) is 5.56 Å². The van der Waals surface area contributed by atoms with Crippen molar-refractivity contribution in [2.24, 2.45) is 0 Å². The molecule has 70 valence electrons. The van der Waals surface area contributed by atoms with E-state index in [0.29, 0.717) is 6.42 Å². The van der Waals surface area contributed by atoms with E-state index in [1.807, 2.05) is 18.2 Å². The molecule has 4 heteroatoms. The summed E-state index contributed by atoms with van der Waals surface area (Å²) in [6.45, 7) is 0. The van der Waals surface area contributed by atoms with Gasteiger partial charge >= 0.3 is 0 Å². The van der Waals surface area contributed by atoms with Gasteiger partial charge in [0.1, 0.15) is 0 Å². The van der Waals surface area contributed by atoms with Crippen LogP contribution in [0, 0.1) is 11.3 Å². The Kier molecular flexibility index (Phi) is 2.82. The third kappa shape index (κ3) is 1.56. The number of halogens is 1. The first-order chi connectivity index (χ1) is 6.74. The zero-order valence-corrected chi connectivity index (χ0v) is 10.4. The molecule has 1 heterocycles. The monoisotopic (exact) mass is 283 g/mol. The minimum atomic E-state index is 0.456. The molecular weight excluding hydrogens is 278 g/mol. The number of rotatable bonds is 1. The van der Waals surface area contributed by atoms with Crippen molar-refractivity contribution >= 4 is 50.0 Å². The molecule has 0 saturated heterocycles. The fourth-order valence-corrected chi connectivity index (χ4v) is 3.40. The molecule has 0 spiro atoms. The van der Waals surface area contributed by atoms with Crippen LogP contribution in [0.2, 0.25) is 0 Å². The van der Waals surface area contributed by atoms with Crippen LogP contribution in [0.15, 0.2) is 26.9 Å². The first kappa shape index (κ1) is 10.0. The highest BCUT2D eigenvalue weighted by molar-refractivity contribution is 9.10. The number of benzene rings is 1. The molecule has 1 nitrogen and oxygen atoms in total. The second-order valence-electron chi connectivity index (χ2n) is 2.85. The van der Waals surface area contributed by atoms with Gasteiger partial charge < -0.3 is 0 Å². The lowest BCUT2D eigenvalue weighted by Gasteiger charge is -1.96. The van der Waals surface area contributed by atoms with Crippen molar-refractivity contribution in [1.29, 1.82) is 5.26 Å². The van der Waals surface area contributed by atoms with E-state index in [0.717, 1.165) is 24.3 Å². The maximum absolute atomic E-state index is 8.68. The van der Waals surface area contributed by atoms with Crippen LogP contribution in [0.25, 0.3) is 10.1 Å². The van der Waals surface area contributed by atoms with Crippen LogP contribution in [-0.2, 0) is 6.42 Å². The van der Waals surface area contributed by atoms with Crippen LogP contribution in [0.4, 0.5) is 0 Å². The van der Waals surface area contributed by atoms with E-state index in [1.165, 1.54) is 0 Å². The Morgan fingerprint density at radius 2 is 2.29 bits per heavy atom. The molecule has 1 aromatic carbocycles. The van der Waals surface area contributed by atoms with E-state index in [2.05, 4.69) is 34.6 Å². The van der Waals surface area contributed by atoms with Crippen molar-refractivity contribution in [3.63, 3.8) is 0 Å². The fraction of sp³-hybridized carbons (Fsp3) is 0.100. The SMILES string of the molecule is N#CCc1cccc2c(Br)c(S)sc12. The second-order valence-corrected chi connectivity index (χ2v) is 5.41. The summed E-state index contributed by atoms with van der Waals surface area (Å²) < 4.78 is 3.15. The van der Waals surface area contributed by atoms with Crippen molar-refractivity contribution in [1.82, 2.24) is 0 Å². The molecule has 0 N–H and O–H groups in total. The summed E-state index contributed by atoms with van der Waals surface area (Å²) >= 11 is 9.46. The van der Waals surface area contributed by atoms with Gasteiger partial charge in [0.25, 0.3) is 0 Å². The van der Waals surface area contributed by atoms with Crippen molar-refractivity contribution < 1.29 is 0 Å². The Hall–Kier alpha value is -0.500. The molecule has 14 heavy (non-hydrogen) atoms. The lowest BCUT2D eigenvalue weighted by Crippen LogP contribution is -1.79. The summed E-state index contributed by atoms with van der Waals surface area (Å²) in [5.74, 6) is 0. The molecule has 0 radical (unpaired) electrons. The number of nitrogens with zero attached hydrogens (tertiary/aromatic N) is 1. The summed E-state index contributed by atoms with van der Waals surface area (Å²) in [7, 11) is 0. The first-order valence-corrected chi connectivity index (χ1v) is 6.05. The summed E-state index contributed by atoms with van der Waals surface area (Å²) in [4.78, 5) is 0. The van der Waals surface area contributed by atoms with Gasteiger partial charge in [-0.3, -0.25) is 0 Å². The molecule has 0 aliphatic carbocycles. The number of fused-ring (bicyclic) bond motifs is 1. The average Bonchev–Trinajstić information content (AvgIpc) is 2.46. The second kappa shape index (κ2) is 3.93. The van der Waals surface area contributed by atoms with Gasteiger partial charge in [-0.2, -0.15) is 5.26 Å². The largest absolute Gasteiger partial charge is 0.198 e. The standard InChI is InChI=1S/C10H6BrNS2/c11-8-7-3-1-2-6(4-5-12)9(7)14-10(8)13/h1-3,13H,4H2. The number of hydrogen-bond donors (Lipinski definition) is 1. The van der Waals surface area contributed by atoms with Crippen molar-refractivity contribution in [2.75, 3.05) is 0 Å². The number of thiol groups is 1. The van der Waals surface area contributed by atoms with E-state index >= 15 is 0 Å². The van der Waals surface area contributed by atoms with E-state index < -0.39 is 0 Å². The highest BCUT2D eigenvalue weighted by Crippen LogP contribution is 2.39. The van der Waals surface area contributed by atoms with Crippen molar-refractivity contribution in [3.05, 3.63) is 28.2 Å².